The lowest BCUT2D eigenvalue weighted by Gasteiger charge is -2.31. The second-order valence-electron chi connectivity index (χ2n) is 7.48. The van der Waals surface area contributed by atoms with Gasteiger partial charge in [0, 0.05) is 38.3 Å². The van der Waals surface area contributed by atoms with Crippen LogP contribution in [0.5, 0.6) is 0 Å². The van der Waals surface area contributed by atoms with Gasteiger partial charge in [0.25, 0.3) is 5.91 Å². The Labute approximate surface area is 184 Å². The third-order valence-corrected chi connectivity index (χ3v) is 5.95. The van der Waals surface area contributed by atoms with E-state index in [2.05, 4.69) is 25.2 Å². The van der Waals surface area contributed by atoms with E-state index in [1.54, 1.807) is 17.0 Å². The SMILES string of the molecule is O=C(Nc1ccc(Cl)cn1)C1CCN(C(=O)c2nc(N3CCCC3)ncc2Cl)CC1. The van der Waals surface area contributed by atoms with Crippen molar-refractivity contribution in [1.29, 1.82) is 0 Å². The molecule has 0 spiro atoms. The van der Waals surface area contributed by atoms with Crippen molar-refractivity contribution in [2.45, 2.75) is 25.7 Å². The molecule has 2 saturated heterocycles. The zero-order chi connectivity index (χ0) is 21.1. The van der Waals surface area contributed by atoms with Crippen LogP contribution in [-0.4, -0.2) is 57.8 Å². The molecule has 2 aromatic heterocycles. The third kappa shape index (κ3) is 4.65. The van der Waals surface area contributed by atoms with E-state index in [9.17, 15) is 9.59 Å². The predicted octanol–water partition coefficient (Wildman–Crippen LogP) is 3.27. The van der Waals surface area contributed by atoms with Crippen LogP contribution in [0.3, 0.4) is 0 Å². The number of nitrogens with zero attached hydrogens (tertiary/aromatic N) is 5. The highest BCUT2D eigenvalue weighted by molar-refractivity contribution is 6.33. The van der Waals surface area contributed by atoms with Crippen molar-refractivity contribution in [2.75, 3.05) is 36.4 Å². The molecule has 0 saturated carbocycles. The molecule has 0 unspecified atom stereocenters. The van der Waals surface area contributed by atoms with Crippen molar-refractivity contribution in [2.24, 2.45) is 5.92 Å². The Bertz CT molecular complexity index is 925. The van der Waals surface area contributed by atoms with Gasteiger partial charge in [-0.15, -0.1) is 0 Å². The van der Waals surface area contributed by atoms with Crippen LogP contribution in [0.15, 0.2) is 24.5 Å². The van der Waals surface area contributed by atoms with Crippen molar-refractivity contribution >= 4 is 46.8 Å². The summed E-state index contributed by atoms with van der Waals surface area (Å²) in [5.41, 5.74) is 0.224. The van der Waals surface area contributed by atoms with Crippen LogP contribution in [0.1, 0.15) is 36.2 Å². The Hall–Kier alpha value is -2.45. The largest absolute Gasteiger partial charge is 0.341 e. The number of anilines is 2. The van der Waals surface area contributed by atoms with Gasteiger partial charge in [-0.3, -0.25) is 9.59 Å². The van der Waals surface area contributed by atoms with Crippen molar-refractivity contribution in [3.63, 3.8) is 0 Å². The van der Waals surface area contributed by atoms with Gasteiger partial charge >= 0.3 is 0 Å². The van der Waals surface area contributed by atoms with E-state index in [0.29, 0.717) is 42.7 Å². The quantitative estimate of drug-likeness (QED) is 0.771. The van der Waals surface area contributed by atoms with Gasteiger partial charge in [0.15, 0.2) is 5.69 Å². The molecule has 8 nitrogen and oxygen atoms in total. The topological polar surface area (TPSA) is 91.3 Å². The smallest absolute Gasteiger partial charge is 0.274 e. The van der Waals surface area contributed by atoms with E-state index in [1.165, 1.54) is 12.4 Å². The maximum atomic E-state index is 13.0. The number of amides is 2. The minimum atomic E-state index is -0.221. The van der Waals surface area contributed by atoms with Crippen molar-refractivity contribution in [1.82, 2.24) is 19.9 Å². The minimum absolute atomic E-state index is 0.103. The van der Waals surface area contributed by atoms with Crippen molar-refractivity contribution < 1.29 is 9.59 Å². The first kappa shape index (κ1) is 20.8. The molecule has 2 aliphatic rings. The fourth-order valence-electron chi connectivity index (χ4n) is 3.75. The van der Waals surface area contributed by atoms with Gasteiger partial charge in [-0.2, -0.15) is 0 Å². The molecule has 0 bridgehead atoms. The number of halogens is 2. The lowest BCUT2D eigenvalue weighted by atomic mass is 9.95. The number of piperidine rings is 1. The summed E-state index contributed by atoms with van der Waals surface area (Å²) in [6.45, 7) is 2.70. The molecule has 0 aromatic carbocycles. The van der Waals surface area contributed by atoms with Gasteiger partial charge in [-0.25, -0.2) is 15.0 Å². The number of nitrogens with one attached hydrogen (secondary N) is 1. The molecule has 158 valence electrons. The van der Waals surface area contributed by atoms with Crippen molar-refractivity contribution in [3.8, 4) is 0 Å². The van der Waals surface area contributed by atoms with Crippen LogP contribution in [-0.2, 0) is 4.79 Å². The Morgan fingerprint density at radius 1 is 1.00 bits per heavy atom. The average Bonchev–Trinajstić information content (AvgIpc) is 3.30. The standard InChI is InChI=1S/C20H22Cl2N6O2/c21-14-3-4-16(23-11-14)25-18(29)13-5-9-27(10-6-13)19(30)17-15(22)12-24-20(26-17)28-7-1-2-8-28/h3-4,11-13H,1-2,5-10H2,(H,23,25,29). The molecule has 4 heterocycles. The highest BCUT2D eigenvalue weighted by Gasteiger charge is 2.30. The number of aromatic nitrogens is 3. The normalized spacial score (nSPS) is 17.3. The number of rotatable bonds is 4. The minimum Gasteiger partial charge on any atom is -0.341 e. The highest BCUT2D eigenvalue weighted by atomic mass is 35.5. The van der Waals surface area contributed by atoms with E-state index in [1.807, 2.05) is 0 Å². The van der Waals surface area contributed by atoms with Crippen LogP contribution < -0.4 is 10.2 Å². The number of carbonyl (C=O) groups excluding carboxylic acids is 2. The summed E-state index contributed by atoms with van der Waals surface area (Å²) in [4.78, 5) is 42.1. The number of pyridine rings is 1. The number of hydrogen-bond donors (Lipinski definition) is 1. The summed E-state index contributed by atoms with van der Waals surface area (Å²) in [5, 5.41) is 3.56. The highest BCUT2D eigenvalue weighted by Crippen LogP contribution is 2.24. The third-order valence-electron chi connectivity index (χ3n) is 5.45. The van der Waals surface area contributed by atoms with Gasteiger partial charge in [0.2, 0.25) is 11.9 Å². The predicted molar refractivity (Wildman–Crippen MR) is 115 cm³/mol. The van der Waals surface area contributed by atoms with E-state index in [-0.39, 0.29) is 28.4 Å². The van der Waals surface area contributed by atoms with E-state index in [0.717, 1.165) is 25.9 Å². The molecule has 0 radical (unpaired) electrons. The fourth-order valence-corrected chi connectivity index (χ4v) is 4.03. The van der Waals surface area contributed by atoms with Crippen molar-refractivity contribution in [3.05, 3.63) is 40.3 Å². The second kappa shape index (κ2) is 9.14. The Kier molecular flexibility index (Phi) is 6.34. The maximum absolute atomic E-state index is 13.0. The molecule has 2 aliphatic heterocycles. The van der Waals surface area contributed by atoms with E-state index < -0.39 is 0 Å². The summed E-state index contributed by atoms with van der Waals surface area (Å²) in [7, 11) is 0. The molecule has 1 N–H and O–H groups in total. The van der Waals surface area contributed by atoms with Crippen LogP contribution in [0.25, 0.3) is 0 Å². The summed E-state index contributed by atoms with van der Waals surface area (Å²) in [6.07, 6.45) is 6.29. The first-order valence-electron chi connectivity index (χ1n) is 10.0. The maximum Gasteiger partial charge on any atom is 0.274 e. The van der Waals surface area contributed by atoms with E-state index >= 15 is 0 Å². The van der Waals surface area contributed by atoms with Crippen LogP contribution in [0.4, 0.5) is 11.8 Å². The fraction of sp³-hybridized carbons (Fsp3) is 0.450. The van der Waals surface area contributed by atoms with Gasteiger partial charge in [-0.1, -0.05) is 23.2 Å². The summed E-state index contributed by atoms with van der Waals surface area (Å²) < 4.78 is 0. The summed E-state index contributed by atoms with van der Waals surface area (Å²) >= 11 is 12.0. The molecular formula is C20H22Cl2N6O2. The first-order valence-corrected chi connectivity index (χ1v) is 10.8. The molecule has 0 atom stereocenters. The molecule has 30 heavy (non-hydrogen) atoms. The number of hydrogen-bond acceptors (Lipinski definition) is 6. The lowest BCUT2D eigenvalue weighted by Crippen LogP contribution is -2.42. The van der Waals surface area contributed by atoms with Gasteiger partial charge < -0.3 is 15.1 Å². The molecule has 2 amide bonds. The monoisotopic (exact) mass is 448 g/mol. The zero-order valence-electron chi connectivity index (χ0n) is 16.4. The Balaban J connectivity index is 1.36. The summed E-state index contributed by atoms with van der Waals surface area (Å²) in [6, 6.07) is 3.33. The summed E-state index contributed by atoms with van der Waals surface area (Å²) in [5.74, 6) is 0.497. The van der Waals surface area contributed by atoms with E-state index in [4.69, 9.17) is 23.2 Å². The molecule has 2 fully saturated rings. The van der Waals surface area contributed by atoms with Crippen LogP contribution in [0, 0.1) is 5.92 Å². The zero-order valence-corrected chi connectivity index (χ0v) is 17.9. The molecule has 4 rings (SSSR count). The van der Waals surface area contributed by atoms with Crippen LogP contribution in [0.2, 0.25) is 10.0 Å². The number of likely N-dealkylation sites (tertiary alicyclic amines) is 1. The first-order chi connectivity index (χ1) is 14.5. The average molecular weight is 449 g/mol. The Morgan fingerprint density at radius 2 is 1.73 bits per heavy atom. The van der Waals surface area contributed by atoms with Gasteiger partial charge in [-0.05, 0) is 37.8 Å². The van der Waals surface area contributed by atoms with Gasteiger partial charge in [0.05, 0.1) is 16.2 Å². The lowest BCUT2D eigenvalue weighted by molar-refractivity contribution is -0.121. The second-order valence-corrected chi connectivity index (χ2v) is 8.32. The van der Waals surface area contributed by atoms with Crippen LogP contribution >= 0.6 is 23.2 Å². The molecule has 10 heteroatoms. The number of carbonyl (C=O) groups is 2. The molecule has 2 aromatic rings. The molecule has 0 aliphatic carbocycles. The van der Waals surface area contributed by atoms with Gasteiger partial charge in [0.1, 0.15) is 5.82 Å². The molecular weight excluding hydrogens is 427 g/mol. The Morgan fingerprint density at radius 3 is 2.40 bits per heavy atom.